The van der Waals surface area contributed by atoms with E-state index in [0.717, 1.165) is 63.4 Å². The van der Waals surface area contributed by atoms with Gasteiger partial charge in [0.15, 0.2) is 5.96 Å². The van der Waals surface area contributed by atoms with Gasteiger partial charge >= 0.3 is 0 Å². The van der Waals surface area contributed by atoms with Gasteiger partial charge in [-0.3, -0.25) is 4.99 Å². The SMILES string of the molecule is CCCOc1cccc(CNC(=NC)NCCCOCC2CC2)c1.I. The van der Waals surface area contributed by atoms with E-state index in [1.807, 2.05) is 12.1 Å². The van der Waals surface area contributed by atoms with Gasteiger partial charge in [-0.2, -0.15) is 0 Å². The molecule has 1 aromatic carbocycles. The highest BCUT2D eigenvalue weighted by Crippen LogP contribution is 2.28. The van der Waals surface area contributed by atoms with Crippen molar-refractivity contribution in [1.82, 2.24) is 10.6 Å². The lowest BCUT2D eigenvalue weighted by Gasteiger charge is -2.13. The summed E-state index contributed by atoms with van der Waals surface area (Å²) >= 11 is 0. The van der Waals surface area contributed by atoms with Gasteiger partial charge < -0.3 is 20.1 Å². The summed E-state index contributed by atoms with van der Waals surface area (Å²) in [7, 11) is 1.79. The van der Waals surface area contributed by atoms with E-state index in [1.54, 1.807) is 7.05 Å². The largest absolute Gasteiger partial charge is 0.494 e. The van der Waals surface area contributed by atoms with Gasteiger partial charge in [0.1, 0.15) is 5.75 Å². The maximum absolute atomic E-state index is 5.67. The maximum Gasteiger partial charge on any atom is 0.191 e. The van der Waals surface area contributed by atoms with Crippen LogP contribution in [0.1, 0.15) is 38.2 Å². The first-order valence-electron chi connectivity index (χ1n) is 9.05. The zero-order chi connectivity index (χ0) is 17.0. The normalized spacial score (nSPS) is 13.9. The number of halogens is 1. The zero-order valence-corrected chi connectivity index (χ0v) is 17.8. The quantitative estimate of drug-likeness (QED) is 0.229. The molecule has 0 aromatic heterocycles. The van der Waals surface area contributed by atoms with Crippen LogP contribution in [0.3, 0.4) is 0 Å². The number of aliphatic imine (C=N–C) groups is 1. The number of hydrogen-bond donors (Lipinski definition) is 2. The van der Waals surface area contributed by atoms with Crippen LogP contribution >= 0.6 is 24.0 Å². The summed E-state index contributed by atoms with van der Waals surface area (Å²) in [6.45, 7) is 6.20. The third-order valence-electron chi connectivity index (χ3n) is 3.86. The van der Waals surface area contributed by atoms with Gasteiger partial charge in [-0.1, -0.05) is 19.1 Å². The molecule has 0 heterocycles. The molecule has 0 saturated heterocycles. The summed E-state index contributed by atoms with van der Waals surface area (Å²) in [5.74, 6) is 2.58. The molecule has 0 amide bonds. The highest BCUT2D eigenvalue weighted by Gasteiger charge is 2.20. The van der Waals surface area contributed by atoms with Crippen LogP contribution in [0.5, 0.6) is 5.75 Å². The minimum atomic E-state index is 0. The van der Waals surface area contributed by atoms with Crippen LogP contribution in [0.15, 0.2) is 29.3 Å². The fraction of sp³-hybridized carbons (Fsp3) is 0.632. The Morgan fingerprint density at radius 2 is 2.08 bits per heavy atom. The molecule has 25 heavy (non-hydrogen) atoms. The van der Waals surface area contributed by atoms with Gasteiger partial charge in [0, 0.05) is 33.4 Å². The van der Waals surface area contributed by atoms with Crippen LogP contribution in [-0.4, -0.2) is 39.4 Å². The molecule has 0 aliphatic heterocycles. The summed E-state index contributed by atoms with van der Waals surface area (Å²) in [4.78, 5) is 4.25. The molecule has 2 rings (SSSR count). The number of ether oxygens (including phenoxy) is 2. The van der Waals surface area contributed by atoms with Gasteiger partial charge in [0.25, 0.3) is 0 Å². The van der Waals surface area contributed by atoms with Crippen molar-refractivity contribution >= 4 is 29.9 Å². The number of hydrogen-bond acceptors (Lipinski definition) is 3. The number of guanidine groups is 1. The predicted octanol–water partition coefficient (Wildman–Crippen LogP) is 3.58. The van der Waals surface area contributed by atoms with Crippen LogP contribution in [0.25, 0.3) is 0 Å². The van der Waals surface area contributed by atoms with Gasteiger partial charge in [-0.05, 0) is 49.3 Å². The van der Waals surface area contributed by atoms with E-state index >= 15 is 0 Å². The van der Waals surface area contributed by atoms with Crippen molar-refractivity contribution in [2.24, 2.45) is 10.9 Å². The number of nitrogens with one attached hydrogen (secondary N) is 2. The van der Waals surface area contributed by atoms with E-state index in [2.05, 4.69) is 34.7 Å². The molecule has 1 aliphatic rings. The Labute approximate surface area is 169 Å². The minimum Gasteiger partial charge on any atom is -0.494 e. The molecule has 0 bridgehead atoms. The van der Waals surface area contributed by atoms with Gasteiger partial charge in [-0.25, -0.2) is 0 Å². The van der Waals surface area contributed by atoms with Crippen LogP contribution in [0.2, 0.25) is 0 Å². The van der Waals surface area contributed by atoms with Crippen molar-refractivity contribution < 1.29 is 9.47 Å². The third kappa shape index (κ3) is 9.89. The number of nitrogens with zero attached hydrogens (tertiary/aromatic N) is 1. The summed E-state index contributed by atoms with van der Waals surface area (Å²) in [6.07, 6.45) is 4.70. The van der Waals surface area contributed by atoms with Crippen molar-refractivity contribution in [1.29, 1.82) is 0 Å². The molecule has 0 unspecified atom stereocenters. The topological polar surface area (TPSA) is 54.9 Å². The number of benzene rings is 1. The van der Waals surface area contributed by atoms with Gasteiger partial charge in [0.2, 0.25) is 0 Å². The van der Waals surface area contributed by atoms with Crippen molar-refractivity contribution in [3.8, 4) is 5.75 Å². The van der Waals surface area contributed by atoms with E-state index in [4.69, 9.17) is 9.47 Å². The molecule has 2 N–H and O–H groups in total. The smallest absolute Gasteiger partial charge is 0.191 e. The highest BCUT2D eigenvalue weighted by atomic mass is 127. The summed E-state index contributed by atoms with van der Waals surface area (Å²) in [6, 6.07) is 8.18. The van der Waals surface area contributed by atoms with Crippen molar-refractivity contribution in [3.63, 3.8) is 0 Å². The molecule has 1 fully saturated rings. The Balaban J connectivity index is 0.00000312. The fourth-order valence-corrected chi connectivity index (χ4v) is 2.29. The second kappa shape index (κ2) is 13.2. The third-order valence-corrected chi connectivity index (χ3v) is 3.86. The number of rotatable bonds is 11. The Morgan fingerprint density at radius 3 is 2.80 bits per heavy atom. The Bertz CT molecular complexity index is 507. The van der Waals surface area contributed by atoms with Crippen molar-refractivity contribution in [2.75, 3.05) is 33.4 Å². The average Bonchev–Trinajstić information content (AvgIpc) is 3.43. The molecular formula is C19H32IN3O2. The van der Waals surface area contributed by atoms with Crippen LogP contribution in [-0.2, 0) is 11.3 Å². The Kier molecular flexibility index (Phi) is 11.6. The molecular weight excluding hydrogens is 429 g/mol. The molecule has 142 valence electrons. The molecule has 1 aromatic rings. The average molecular weight is 461 g/mol. The molecule has 0 atom stereocenters. The van der Waals surface area contributed by atoms with Crippen LogP contribution in [0, 0.1) is 5.92 Å². The van der Waals surface area contributed by atoms with Gasteiger partial charge in [0.05, 0.1) is 6.61 Å². The molecule has 0 radical (unpaired) electrons. The second-order valence-corrected chi connectivity index (χ2v) is 6.22. The molecule has 1 saturated carbocycles. The predicted molar refractivity (Wildman–Crippen MR) is 114 cm³/mol. The summed E-state index contributed by atoms with van der Waals surface area (Å²) in [5.41, 5.74) is 1.18. The van der Waals surface area contributed by atoms with Crippen molar-refractivity contribution in [2.45, 2.75) is 39.2 Å². The Morgan fingerprint density at radius 1 is 1.24 bits per heavy atom. The van der Waals surface area contributed by atoms with Crippen LogP contribution < -0.4 is 15.4 Å². The van der Waals surface area contributed by atoms with E-state index in [0.29, 0.717) is 0 Å². The first-order chi connectivity index (χ1) is 11.8. The van der Waals surface area contributed by atoms with Crippen molar-refractivity contribution in [3.05, 3.63) is 29.8 Å². The standard InChI is InChI=1S/C19H31N3O2.HI/c1-3-11-24-18-7-4-6-17(13-18)14-22-19(20-2)21-10-5-12-23-15-16-8-9-16;/h4,6-7,13,16H,3,5,8-12,14-15H2,1-2H3,(H2,20,21,22);1H. The lowest BCUT2D eigenvalue weighted by Crippen LogP contribution is -2.37. The second-order valence-electron chi connectivity index (χ2n) is 6.22. The van der Waals surface area contributed by atoms with E-state index in [9.17, 15) is 0 Å². The maximum atomic E-state index is 5.67. The minimum absolute atomic E-state index is 0. The first-order valence-corrected chi connectivity index (χ1v) is 9.05. The first kappa shape index (κ1) is 22.0. The summed E-state index contributed by atoms with van der Waals surface area (Å²) in [5, 5.41) is 6.65. The molecule has 1 aliphatic carbocycles. The molecule has 0 spiro atoms. The summed E-state index contributed by atoms with van der Waals surface area (Å²) < 4.78 is 11.3. The zero-order valence-electron chi connectivity index (χ0n) is 15.4. The van der Waals surface area contributed by atoms with E-state index in [1.165, 1.54) is 18.4 Å². The lowest BCUT2D eigenvalue weighted by molar-refractivity contribution is 0.123. The highest BCUT2D eigenvalue weighted by molar-refractivity contribution is 14.0. The monoisotopic (exact) mass is 461 g/mol. The lowest BCUT2D eigenvalue weighted by atomic mass is 10.2. The van der Waals surface area contributed by atoms with E-state index < -0.39 is 0 Å². The van der Waals surface area contributed by atoms with E-state index in [-0.39, 0.29) is 24.0 Å². The fourth-order valence-electron chi connectivity index (χ4n) is 2.29. The van der Waals surface area contributed by atoms with Crippen LogP contribution in [0.4, 0.5) is 0 Å². The molecule has 6 heteroatoms. The molecule has 5 nitrogen and oxygen atoms in total. The van der Waals surface area contributed by atoms with Gasteiger partial charge in [-0.15, -0.1) is 24.0 Å². The Hall–Kier alpha value is -1.02.